The Morgan fingerprint density at radius 2 is 1.88 bits per heavy atom. The first-order valence-electron chi connectivity index (χ1n) is 10.5. The van der Waals surface area contributed by atoms with Gasteiger partial charge in [0.1, 0.15) is 12.3 Å². The van der Waals surface area contributed by atoms with E-state index in [1.165, 1.54) is 9.91 Å². The van der Waals surface area contributed by atoms with E-state index in [1.54, 1.807) is 27.2 Å². The van der Waals surface area contributed by atoms with Gasteiger partial charge in [0.2, 0.25) is 5.91 Å². The Morgan fingerprint density at radius 3 is 2.56 bits per heavy atom. The smallest absolute Gasteiger partial charge is 0.262 e. The van der Waals surface area contributed by atoms with Gasteiger partial charge in [0.25, 0.3) is 5.91 Å². The Hall–Kier alpha value is -2.90. The van der Waals surface area contributed by atoms with Crippen LogP contribution in [0.3, 0.4) is 0 Å². The number of carbonyl (C=O) groups excluding carboxylic acids is 2. The largest absolute Gasteiger partial charge is 0.496 e. The molecule has 170 valence electrons. The van der Waals surface area contributed by atoms with E-state index >= 15 is 0 Å². The summed E-state index contributed by atoms with van der Waals surface area (Å²) >= 11 is 6.41. The summed E-state index contributed by atoms with van der Waals surface area (Å²) in [6, 6.07) is 14.6. The van der Waals surface area contributed by atoms with Crippen LogP contribution in [0.4, 0.5) is 0 Å². The highest BCUT2D eigenvalue weighted by atomic mass is 35.5. The number of para-hydroxylation sites is 1. The van der Waals surface area contributed by atoms with Crippen molar-refractivity contribution in [3.05, 3.63) is 64.7 Å². The van der Waals surface area contributed by atoms with Gasteiger partial charge in [0.15, 0.2) is 0 Å². The summed E-state index contributed by atoms with van der Waals surface area (Å²) in [4.78, 5) is 27.3. The average Bonchev–Trinajstić information content (AvgIpc) is 3.26. The van der Waals surface area contributed by atoms with E-state index in [0.29, 0.717) is 42.5 Å². The van der Waals surface area contributed by atoms with Crippen LogP contribution in [-0.4, -0.2) is 61.4 Å². The fraction of sp³-hybridized carbons (Fsp3) is 0.375. The number of methoxy groups -OCH3 is 2. The maximum Gasteiger partial charge on any atom is 0.262 e. The van der Waals surface area contributed by atoms with Crippen LogP contribution < -0.4 is 4.74 Å². The van der Waals surface area contributed by atoms with Gasteiger partial charge in [-0.2, -0.15) is 5.10 Å². The number of halogens is 1. The van der Waals surface area contributed by atoms with Crippen LogP contribution in [0.25, 0.3) is 0 Å². The second-order valence-electron chi connectivity index (χ2n) is 7.39. The standard InChI is InChI=1S/C24H28ClN3O4/c1-4-23(29)27(13-14-31-2)16-24(30)28-21(18-10-6-8-12-22(18)32-3)15-20(26-28)17-9-5-7-11-19(17)25/h5-12,21H,4,13-16H2,1-3H3/t21-/m0/s1. The number of hydrogen-bond acceptors (Lipinski definition) is 5. The monoisotopic (exact) mass is 457 g/mol. The average molecular weight is 458 g/mol. The van der Waals surface area contributed by atoms with Gasteiger partial charge in [-0.1, -0.05) is 54.9 Å². The van der Waals surface area contributed by atoms with Gasteiger partial charge >= 0.3 is 0 Å². The van der Waals surface area contributed by atoms with Crippen LogP contribution in [0.5, 0.6) is 5.75 Å². The van der Waals surface area contributed by atoms with Crippen molar-refractivity contribution in [3.8, 4) is 5.75 Å². The predicted molar refractivity (Wildman–Crippen MR) is 124 cm³/mol. The van der Waals surface area contributed by atoms with Crippen molar-refractivity contribution in [2.75, 3.05) is 33.9 Å². The minimum Gasteiger partial charge on any atom is -0.496 e. The summed E-state index contributed by atoms with van der Waals surface area (Å²) in [5.74, 6) is 0.284. The van der Waals surface area contributed by atoms with E-state index in [1.807, 2.05) is 42.5 Å². The molecule has 0 aliphatic carbocycles. The van der Waals surface area contributed by atoms with Gasteiger partial charge in [-0.15, -0.1) is 0 Å². The van der Waals surface area contributed by atoms with Crippen molar-refractivity contribution in [2.45, 2.75) is 25.8 Å². The van der Waals surface area contributed by atoms with Crippen LogP contribution in [-0.2, 0) is 14.3 Å². The molecule has 0 saturated carbocycles. The maximum atomic E-state index is 13.4. The van der Waals surface area contributed by atoms with Crippen molar-refractivity contribution in [3.63, 3.8) is 0 Å². The zero-order valence-electron chi connectivity index (χ0n) is 18.6. The molecule has 0 unspecified atom stereocenters. The lowest BCUT2D eigenvalue weighted by molar-refractivity contribution is -0.141. The van der Waals surface area contributed by atoms with Gasteiger partial charge in [-0.25, -0.2) is 5.01 Å². The van der Waals surface area contributed by atoms with Crippen LogP contribution in [0, 0.1) is 0 Å². The third kappa shape index (κ3) is 5.29. The van der Waals surface area contributed by atoms with E-state index in [4.69, 9.17) is 21.1 Å². The number of ether oxygens (including phenoxy) is 2. The topological polar surface area (TPSA) is 71.4 Å². The zero-order valence-corrected chi connectivity index (χ0v) is 19.3. The number of hydrazone groups is 1. The number of benzene rings is 2. The Kier molecular flexibility index (Phi) is 8.25. The molecule has 3 rings (SSSR count). The van der Waals surface area contributed by atoms with Crippen LogP contribution in [0.1, 0.15) is 36.9 Å². The molecule has 8 heteroatoms. The van der Waals surface area contributed by atoms with E-state index in [9.17, 15) is 9.59 Å². The number of amides is 2. The normalized spacial score (nSPS) is 15.4. The number of nitrogens with zero attached hydrogens (tertiary/aromatic N) is 3. The van der Waals surface area contributed by atoms with Gasteiger partial charge in [-0.3, -0.25) is 9.59 Å². The Bertz CT molecular complexity index is 995. The molecule has 0 fully saturated rings. The van der Waals surface area contributed by atoms with Gasteiger partial charge in [0.05, 0.1) is 25.5 Å². The first kappa shape index (κ1) is 23.8. The lowest BCUT2D eigenvalue weighted by Gasteiger charge is -2.27. The summed E-state index contributed by atoms with van der Waals surface area (Å²) in [6.07, 6.45) is 0.788. The number of carbonyl (C=O) groups is 2. The third-order valence-electron chi connectivity index (χ3n) is 5.40. The Balaban J connectivity index is 1.95. The lowest BCUT2D eigenvalue weighted by atomic mass is 9.97. The van der Waals surface area contributed by atoms with Crippen molar-refractivity contribution in [2.24, 2.45) is 5.10 Å². The van der Waals surface area contributed by atoms with Crippen molar-refractivity contribution in [1.82, 2.24) is 9.91 Å². The molecule has 1 aliphatic heterocycles. The Labute approximate surface area is 193 Å². The lowest BCUT2D eigenvalue weighted by Crippen LogP contribution is -2.42. The van der Waals surface area contributed by atoms with E-state index in [-0.39, 0.29) is 24.4 Å². The summed E-state index contributed by atoms with van der Waals surface area (Å²) < 4.78 is 10.6. The second-order valence-corrected chi connectivity index (χ2v) is 7.80. The molecule has 0 N–H and O–H groups in total. The SMILES string of the molecule is CCC(=O)N(CCOC)CC(=O)N1N=C(c2ccccc2Cl)C[C@H]1c1ccccc1OC. The summed E-state index contributed by atoms with van der Waals surface area (Å²) in [6.45, 7) is 2.38. The highest BCUT2D eigenvalue weighted by Crippen LogP contribution is 2.38. The van der Waals surface area contributed by atoms with E-state index in [2.05, 4.69) is 5.10 Å². The fourth-order valence-electron chi connectivity index (χ4n) is 3.73. The molecular formula is C24H28ClN3O4. The maximum absolute atomic E-state index is 13.4. The summed E-state index contributed by atoms with van der Waals surface area (Å²) in [7, 11) is 3.16. The Morgan fingerprint density at radius 1 is 1.16 bits per heavy atom. The van der Waals surface area contributed by atoms with Crippen LogP contribution >= 0.6 is 11.6 Å². The van der Waals surface area contributed by atoms with Crippen LogP contribution in [0.15, 0.2) is 53.6 Å². The quantitative estimate of drug-likeness (QED) is 0.572. The molecule has 1 aliphatic rings. The van der Waals surface area contributed by atoms with Gasteiger partial charge in [-0.05, 0) is 12.1 Å². The highest BCUT2D eigenvalue weighted by molar-refractivity contribution is 6.34. The second kappa shape index (κ2) is 11.1. The molecule has 2 aromatic carbocycles. The van der Waals surface area contributed by atoms with Crippen LogP contribution in [0.2, 0.25) is 5.02 Å². The number of rotatable bonds is 9. The molecule has 0 aromatic heterocycles. The molecule has 0 bridgehead atoms. The molecule has 0 saturated heterocycles. The molecule has 2 amide bonds. The number of hydrogen-bond donors (Lipinski definition) is 0. The molecule has 1 heterocycles. The minimum atomic E-state index is -0.370. The van der Waals surface area contributed by atoms with E-state index < -0.39 is 0 Å². The third-order valence-corrected chi connectivity index (χ3v) is 5.72. The molecule has 0 spiro atoms. The highest BCUT2D eigenvalue weighted by Gasteiger charge is 2.36. The van der Waals surface area contributed by atoms with E-state index in [0.717, 1.165) is 11.1 Å². The fourth-order valence-corrected chi connectivity index (χ4v) is 3.98. The van der Waals surface area contributed by atoms with Crippen molar-refractivity contribution < 1.29 is 19.1 Å². The van der Waals surface area contributed by atoms with Crippen molar-refractivity contribution >= 4 is 29.1 Å². The van der Waals surface area contributed by atoms with Gasteiger partial charge in [0, 0.05) is 42.6 Å². The first-order valence-corrected chi connectivity index (χ1v) is 10.9. The van der Waals surface area contributed by atoms with Gasteiger partial charge < -0.3 is 14.4 Å². The molecular weight excluding hydrogens is 430 g/mol. The predicted octanol–water partition coefficient (Wildman–Crippen LogP) is 3.91. The molecule has 0 radical (unpaired) electrons. The zero-order chi connectivity index (χ0) is 23.1. The molecule has 32 heavy (non-hydrogen) atoms. The first-order chi connectivity index (χ1) is 15.5. The summed E-state index contributed by atoms with van der Waals surface area (Å²) in [5.41, 5.74) is 2.34. The molecule has 2 aromatic rings. The van der Waals surface area contributed by atoms with Crippen molar-refractivity contribution in [1.29, 1.82) is 0 Å². The summed E-state index contributed by atoms with van der Waals surface area (Å²) in [5, 5.41) is 6.69. The minimum absolute atomic E-state index is 0.0824. The molecule has 1 atom stereocenters. The molecule has 7 nitrogen and oxygen atoms in total.